The first kappa shape index (κ1) is 19.6. The van der Waals surface area contributed by atoms with Crippen LogP contribution in [-0.4, -0.2) is 57.5 Å². The summed E-state index contributed by atoms with van der Waals surface area (Å²) in [4.78, 5) is 0. The molecule has 0 fully saturated rings. The van der Waals surface area contributed by atoms with Crippen LogP contribution in [0.5, 0.6) is 5.75 Å². The Morgan fingerprint density at radius 3 is 1.43 bits per heavy atom. The summed E-state index contributed by atoms with van der Waals surface area (Å²) in [7, 11) is 0. The Labute approximate surface area is 127 Å². The fourth-order valence-electron chi connectivity index (χ4n) is 1.41. The predicted octanol–water partition coefficient (Wildman–Crippen LogP) is -1.35. The number of aromatic hydroxyl groups is 1. The van der Waals surface area contributed by atoms with Crippen LogP contribution in [0.2, 0.25) is 0 Å². The Morgan fingerprint density at radius 2 is 1.10 bits per heavy atom. The second-order valence-electron chi connectivity index (χ2n) is 4.42. The van der Waals surface area contributed by atoms with Crippen LogP contribution >= 0.6 is 0 Å². The standard InChI is InChI=1S/C8H23N5.C6H7NO/c9-1-3-11-5-7-13-8-6-12-4-2-10;7-5-1-3-6(8)4-2-5/h11-13H,1-10H2;1-4,8H,7H2. The maximum Gasteiger partial charge on any atom is 0.115 e. The van der Waals surface area contributed by atoms with E-state index in [0.717, 1.165) is 39.3 Å². The highest BCUT2D eigenvalue weighted by atomic mass is 16.3. The lowest BCUT2D eigenvalue weighted by Gasteiger charge is -2.06. The van der Waals surface area contributed by atoms with Gasteiger partial charge >= 0.3 is 0 Å². The second-order valence-corrected chi connectivity index (χ2v) is 4.42. The number of phenolic OH excluding ortho intramolecular Hbond substituents is 1. The van der Waals surface area contributed by atoms with Gasteiger partial charge < -0.3 is 38.3 Å². The van der Waals surface area contributed by atoms with Crippen molar-refractivity contribution in [3.05, 3.63) is 24.3 Å². The highest BCUT2D eigenvalue weighted by Gasteiger charge is 1.87. The molecule has 1 aromatic carbocycles. The number of anilines is 1. The van der Waals surface area contributed by atoms with Crippen molar-refractivity contribution in [2.75, 3.05) is 58.1 Å². The van der Waals surface area contributed by atoms with Crippen LogP contribution in [0.3, 0.4) is 0 Å². The van der Waals surface area contributed by atoms with E-state index in [4.69, 9.17) is 22.3 Å². The SMILES string of the molecule is NCCNCCNCCNCCN.Nc1ccc(O)cc1. The number of hydrogen-bond acceptors (Lipinski definition) is 7. The summed E-state index contributed by atoms with van der Waals surface area (Å²) in [5.74, 6) is 0.249. The van der Waals surface area contributed by atoms with E-state index in [2.05, 4.69) is 16.0 Å². The molecule has 0 amide bonds. The van der Waals surface area contributed by atoms with Gasteiger partial charge in [0.1, 0.15) is 5.75 Å². The third kappa shape index (κ3) is 14.8. The summed E-state index contributed by atoms with van der Waals surface area (Å²) in [5.41, 5.74) is 16.6. The van der Waals surface area contributed by atoms with Crippen molar-refractivity contribution in [2.24, 2.45) is 11.5 Å². The maximum atomic E-state index is 8.70. The summed E-state index contributed by atoms with van der Waals surface area (Å²) >= 11 is 0. The maximum absolute atomic E-state index is 8.70. The lowest BCUT2D eigenvalue weighted by molar-refractivity contribution is 0.475. The molecule has 1 aromatic rings. The van der Waals surface area contributed by atoms with Gasteiger partial charge in [-0.25, -0.2) is 0 Å². The summed E-state index contributed by atoms with van der Waals surface area (Å²) < 4.78 is 0. The van der Waals surface area contributed by atoms with Gasteiger partial charge in [-0.2, -0.15) is 0 Å². The van der Waals surface area contributed by atoms with Gasteiger partial charge in [-0.05, 0) is 24.3 Å². The van der Waals surface area contributed by atoms with E-state index >= 15 is 0 Å². The first-order valence-corrected chi connectivity index (χ1v) is 7.27. The minimum absolute atomic E-state index is 0.249. The topological polar surface area (TPSA) is 134 Å². The second kappa shape index (κ2) is 15.0. The quantitative estimate of drug-likeness (QED) is 0.161. The Kier molecular flexibility index (Phi) is 14.0. The highest BCUT2D eigenvalue weighted by Crippen LogP contribution is 2.09. The molecular weight excluding hydrogens is 268 g/mol. The molecule has 0 saturated heterocycles. The Balaban J connectivity index is 0.000000423. The minimum Gasteiger partial charge on any atom is -0.508 e. The molecule has 7 nitrogen and oxygen atoms in total. The molecule has 10 N–H and O–H groups in total. The van der Waals surface area contributed by atoms with Crippen LogP contribution < -0.4 is 33.2 Å². The van der Waals surface area contributed by atoms with Crippen LogP contribution in [-0.2, 0) is 0 Å². The molecule has 0 atom stereocenters. The number of rotatable bonds is 10. The summed E-state index contributed by atoms with van der Waals surface area (Å²) in [6, 6.07) is 6.40. The van der Waals surface area contributed by atoms with Gasteiger partial charge in [-0.3, -0.25) is 0 Å². The third-order valence-electron chi connectivity index (χ3n) is 2.49. The molecule has 0 saturated carbocycles. The van der Waals surface area contributed by atoms with Gasteiger partial charge in [0, 0.05) is 58.0 Å². The molecule has 0 heterocycles. The molecule has 21 heavy (non-hydrogen) atoms. The Hall–Kier alpha value is -1.38. The van der Waals surface area contributed by atoms with Crippen LogP contribution in [0.4, 0.5) is 5.69 Å². The van der Waals surface area contributed by atoms with Crippen molar-refractivity contribution in [1.29, 1.82) is 0 Å². The zero-order chi connectivity index (χ0) is 15.8. The van der Waals surface area contributed by atoms with Crippen LogP contribution in [0.1, 0.15) is 0 Å². The fraction of sp³-hybridized carbons (Fsp3) is 0.571. The minimum atomic E-state index is 0.249. The molecule has 7 heteroatoms. The van der Waals surface area contributed by atoms with Crippen LogP contribution in [0.25, 0.3) is 0 Å². The number of hydrogen-bond donors (Lipinski definition) is 7. The molecule has 0 spiro atoms. The van der Waals surface area contributed by atoms with E-state index in [0.29, 0.717) is 18.8 Å². The number of benzene rings is 1. The number of nitrogens with one attached hydrogen (secondary N) is 3. The van der Waals surface area contributed by atoms with Gasteiger partial charge in [0.05, 0.1) is 0 Å². The van der Waals surface area contributed by atoms with E-state index < -0.39 is 0 Å². The van der Waals surface area contributed by atoms with Crippen molar-refractivity contribution in [3.8, 4) is 5.75 Å². The van der Waals surface area contributed by atoms with E-state index in [9.17, 15) is 0 Å². The molecule has 0 unspecified atom stereocenters. The predicted molar refractivity (Wildman–Crippen MR) is 89.2 cm³/mol. The van der Waals surface area contributed by atoms with Crippen molar-refractivity contribution < 1.29 is 5.11 Å². The highest BCUT2D eigenvalue weighted by molar-refractivity contribution is 5.40. The van der Waals surface area contributed by atoms with Gasteiger partial charge in [0.25, 0.3) is 0 Å². The largest absolute Gasteiger partial charge is 0.508 e. The Morgan fingerprint density at radius 1 is 0.714 bits per heavy atom. The average molecular weight is 298 g/mol. The van der Waals surface area contributed by atoms with Gasteiger partial charge in [0.15, 0.2) is 0 Å². The van der Waals surface area contributed by atoms with Crippen molar-refractivity contribution in [1.82, 2.24) is 16.0 Å². The van der Waals surface area contributed by atoms with Crippen molar-refractivity contribution >= 4 is 5.69 Å². The first-order chi connectivity index (χ1) is 10.2. The number of nitrogen functional groups attached to an aromatic ring is 1. The Bertz CT molecular complexity index is 289. The molecule has 0 radical (unpaired) electrons. The molecule has 122 valence electrons. The lowest BCUT2D eigenvalue weighted by atomic mass is 10.3. The summed E-state index contributed by atoms with van der Waals surface area (Å²) in [6.45, 7) is 7.15. The molecule has 0 aromatic heterocycles. The third-order valence-corrected chi connectivity index (χ3v) is 2.49. The molecule has 0 bridgehead atoms. The van der Waals surface area contributed by atoms with E-state index in [1.807, 2.05) is 0 Å². The van der Waals surface area contributed by atoms with Gasteiger partial charge in [0.2, 0.25) is 0 Å². The molecule has 1 rings (SSSR count). The van der Waals surface area contributed by atoms with Gasteiger partial charge in [-0.1, -0.05) is 0 Å². The van der Waals surface area contributed by atoms with E-state index in [1.54, 1.807) is 24.3 Å². The normalized spacial score (nSPS) is 10.0. The van der Waals surface area contributed by atoms with Crippen molar-refractivity contribution in [3.63, 3.8) is 0 Å². The van der Waals surface area contributed by atoms with Crippen LogP contribution in [0.15, 0.2) is 24.3 Å². The van der Waals surface area contributed by atoms with E-state index in [-0.39, 0.29) is 5.75 Å². The van der Waals surface area contributed by atoms with Gasteiger partial charge in [-0.15, -0.1) is 0 Å². The number of phenols is 1. The average Bonchev–Trinajstić information content (AvgIpc) is 2.49. The number of nitrogens with two attached hydrogens (primary N) is 3. The summed E-state index contributed by atoms with van der Waals surface area (Å²) in [5, 5.41) is 18.4. The lowest BCUT2D eigenvalue weighted by Crippen LogP contribution is -2.35. The molecule has 0 aliphatic carbocycles. The molecular formula is C14H30N6O. The summed E-state index contributed by atoms with van der Waals surface area (Å²) in [6.07, 6.45) is 0. The van der Waals surface area contributed by atoms with E-state index in [1.165, 1.54) is 0 Å². The smallest absolute Gasteiger partial charge is 0.115 e. The molecule has 0 aliphatic heterocycles. The first-order valence-electron chi connectivity index (χ1n) is 7.27. The van der Waals surface area contributed by atoms with Crippen molar-refractivity contribution in [2.45, 2.75) is 0 Å². The zero-order valence-corrected chi connectivity index (χ0v) is 12.6. The van der Waals surface area contributed by atoms with Crippen LogP contribution in [0, 0.1) is 0 Å². The zero-order valence-electron chi connectivity index (χ0n) is 12.6. The fourth-order valence-corrected chi connectivity index (χ4v) is 1.41. The molecule has 0 aliphatic rings. The monoisotopic (exact) mass is 298 g/mol.